The zero-order chi connectivity index (χ0) is 22.6. The Bertz CT molecular complexity index is 1250. The second kappa shape index (κ2) is 9.20. The fraction of sp³-hybridized carbons (Fsp3) is 0.240. The van der Waals surface area contributed by atoms with Crippen LogP contribution in [0.2, 0.25) is 0 Å². The smallest absolute Gasteiger partial charge is 0.253 e. The Balaban J connectivity index is 1.29. The molecule has 0 radical (unpaired) electrons. The molecule has 8 nitrogen and oxygen atoms in total. The number of amides is 1. The molecule has 1 aromatic carbocycles. The van der Waals surface area contributed by atoms with E-state index in [1.165, 1.54) is 0 Å². The Morgan fingerprint density at radius 1 is 0.939 bits per heavy atom. The lowest BCUT2D eigenvalue weighted by Gasteiger charge is -2.35. The highest BCUT2D eigenvalue weighted by molar-refractivity contribution is 5.94. The third-order valence-corrected chi connectivity index (χ3v) is 5.96. The van der Waals surface area contributed by atoms with E-state index in [0.29, 0.717) is 12.1 Å². The van der Waals surface area contributed by atoms with Crippen molar-refractivity contribution in [3.63, 3.8) is 0 Å². The van der Waals surface area contributed by atoms with Crippen LogP contribution in [0.4, 0.5) is 11.8 Å². The summed E-state index contributed by atoms with van der Waals surface area (Å²) in [5.41, 5.74) is 2.61. The molecule has 0 atom stereocenters. The van der Waals surface area contributed by atoms with Crippen molar-refractivity contribution >= 4 is 23.2 Å². The van der Waals surface area contributed by atoms with Crippen LogP contribution in [0.1, 0.15) is 15.9 Å². The predicted molar refractivity (Wildman–Crippen MR) is 128 cm³/mol. The van der Waals surface area contributed by atoms with Crippen LogP contribution < -0.4 is 19.9 Å². The summed E-state index contributed by atoms with van der Waals surface area (Å²) in [5, 5.41) is 3.00. The van der Waals surface area contributed by atoms with Crippen LogP contribution in [0.5, 0.6) is 5.75 Å². The van der Waals surface area contributed by atoms with E-state index in [0.717, 1.165) is 54.8 Å². The van der Waals surface area contributed by atoms with Crippen molar-refractivity contribution in [3.05, 3.63) is 84.3 Å². The van der Waals surface area contributed by atoms with Gasteiger partial charge in [-0.3, -0.25) is 4.79 Å². The van der Waals surface area contributed by atoms with Gasteiger partial charge in [0.05, 0.1) is 12.7 Å². The van der Waals surface area contributed by atoms with Crippen LogP contribution in [-0.4, -0.2) is 53.6 Å². The van der Waals surface area contributed by atoms with Crippen LogP contribution in [-0.2, 0) is 6.54 Å². The first-order chi connectivity index (χ1) is 16.2. The number of hydrogen-bond acceptors (Lipinski definition) is 6. The highest BCUT2D eigenvalue weighted by Gasteiger charge is 2.21. The van der Waals surface area contributed by atoms with Crippen molar-refractivity contribution in [3.8, 4) is 5.75 Å². The summed E-state index contributed by atoms with van der Waals surface area (Å²) in [6.45, 7) is 3.80. The van der Waals surface area contributed by atoms with Gasteiger partial charge in [0.15, 0.2) is 0 Å². The van der Waals surface area contributed by atoms with Gasteiger partial charge in [0.2, 0.25) is 5.95 Å². The number of para-hydroxylation sites is 1. The number of fused-ring (bicyclic) bond motifs is 1. The summed E-state index contributed by atoms with van der Waals surface area (Å²) >= 11 is 0. The van der Waals surface area contributed by atoms with Gasteiger partial charge >= 0.3 is 0 Å². The number of nitrogens with one attached hydrogen (secondary N) is 1. The number of nitrogens with zero attached hydrogens (tertiary/aromatic N) is 5. The Hall–Kier alpha value is -4.07. The summed E-state index contributed by atoms with van der Waals surface area (Å²) in [6.07, 6.45) is 5.46. The fourth-order valence-corrected chi connectivity index (χ4v) is 4.20. The van der Waals surface area contributed by atoms with Gasteiger partial charge in [-0.15, -0.1) is 0 Å². The topological polar surface area (TPSA) is 75.0 Å². The fourth-order valence-electron chi connectivity index (χ4n) is 4.20. The molecule has 1 aliphatic rings. The summed E-state index contributed by atoms with van der Waals surface area (Å²) in [7, 11) is 1.63. The highest BCUT2D eigenvalue weighted by Crippen LogP contribution is 2.23. The zero-order valence-corrected chi connectivity index (χ0v) is 18.5. The quantitative estimate of drug-likeness (QED) is 0.495. The van der Waals surface area contributed by atoms with Crippen molar-refractivity contribution in [1.82, 2.24) is 19.7 Å². The molecule has 5 rings (SSSR count). The van der Waals surface area contributed by atoms with Crippen LogP contribution >= 0.6 is 0 Å². The lowest BCUT2D eigenvalue weighted by atomic mass is 10.2. The van der Waals surface area contributed by atoms with E-state index < -0.39 is 0 Å². The zero-order valence-electron chi connectivity index (χ0n) is 18.5. The molecule has 0 unspecified atom stereocenters. The maximum absolute atomic E-state index is 12.9. The standard InChI is InChI=1S/C25H26N6O2/c1-33-22-6-3-2-5-19(22)17-28-24(32)20-7-8-21-9-10-23(31(21)18-20)29-13-15-30(16-14-29)25-26-11-4-12-27-25/h2-12,18H,13-17H2,1H3,(H,28,32). The molecule has 3 aromatic heterocycles. The Morgan fingerprint density at radius 3 is 2.45 bits per heavy atom. The van der Waals surface area contributed by atoms with Gasteiger partial charge in [0.1, 0.15) is 11.6 Å². The molecule has 0 spiro atoms. The molecule has 0 bridgehead atoms. The van der Waals surface area contributed by atoms with E-state index in [-0.39, 0.29) is 5.91 Å². The molecule has 8 heteroatoms. The second-order valence-electron chi connectivity index (χ2n) is 7.92. The molecule has 33 heavy (non-hydrogen) atoms. The molecule has 1 aliphatic heterocycles. The number of aromatic nitrogens is 3. The third-order valence-electron chi connectivity index (χ3n) is 5.96. The molecule has 4 heterocycles. The number of carbonyl (C=O) groups is 1. The molecule has 1 saturated heterocycles. The largest absolute Gasteiger partial charge is 0.496 e. The van der Waals surface area contributed by atoms with Crippen LogP contribution in [0.25, 0.3) is 5.52 Å². The Morgan fingerprint density at radius 2 is 1.67 bits per heavy atom. The lowest BCUT2D eigenvalue weighted by Crippen LogP contribution is -2.47. The van der Waals surface area contributed by atoms with E-state index in [1.807, 2.05) is 48.7 Å². The number of rotatable bonds is 6. The Labute approximate surface area is 192 Å². The summed E-state index contributed by atoms with van der Waals surface area (Å²) in [6, 6.07) is 17.6. The Kier molecular flexibility index (Phi) is 5.80. The summed E-state index contributed by atoms with van der Waals surface area (Å²) in [4.78, 5) is 26.1. The van der Waals surface area contributed by atoms with E-state index >= 15 is 0 Å². The van der Waals surface area contributed by atoms with Crippen LogP contribution in [0.3, 0.4) is 0 Å². The molecule has 0 aliphatic carbocycles. The average Bonchev–Trinajstić information content (AvgIpc) is 3.31. The molecule has 4 aromatic rings. The van der Waals surface area contributed by atoms with Gasteiger partial charge < -0.3 is 24.3 Å². The van der Waals surface area contributed by atoms with Gasteiger partial charge in [-0.2, -0.15) is 0 Å². The molecule has 1 fully saturated rings. The highest BCUT2D eigenvalue weighted by atomic mass is 16.5. The number of pyridine rings is 1. The minimum absolute atomic E-state index is 0.117. The van der Waals surface area contributed by atoms with E-state index in [9.17, 15) is 4.79 Å². The number of anilines is 2. The average molecular weight is 443 g/mol. The molecule has 1 N–H and O–H groups in total. The van der Waals surface area contributed by atoms with E-state index in [1.54, 1.807) is 19.5 Å². The molecule has 1 amide bonds. The van der Waals surface area contributed by atoms with Crippen LogP contribution in [0, 0.1) is 0 Å². The van der Waals surface area contributed by atoms with Gasteiger partial charge in [-0.05, 0) is 36.4 Å². The third kappa shape index (κ3) is 4.32. The van der Waals surface area contributed by atoms with E-state index in [4.69, 9.17) is 4.74 Å². The SMILES string of the molecule is COc1ccccc1CNC(=O)c1ccc2ccc(N3CCN(c4ncccn4)CC3)n2c1. The van der Waals surface area contributed by atoms with Crippen molar-refractivity contribution in [2.24, 2.45) is 0 Å². The van der Waals surface area contributed by atoms with Gasteiger partial charge in [0.25, 0.3) is 5.91 Å². The van der Waals surface area contributed by atoms with Gasteiger partial charge in [0, 0.05) is 62.4 Å². The summed E-state index contributed by atoms with van der Waals surface area (Å²) < 4.78 is 7.47. The van der Waals surface area contributed by atoms with Crippen molar-refractivity contribution < 1.29 is 9.53 Å². The first-order valence-corrected chi connectivity index (χ1v) is 11.0. The number of carbonyl (C=O) groups excluding carboxylic acids is 1. The normalized spacial score (nSPS) is 13.8. The number of methoxy groups -OCH3 is 1. The first kappa shape index (κ1) is 20.8. The lowest BCUT2D eigenvalue weighted by molar-refractivity contribution is 0.0950. The predicted octanol–water partition coefficient (Wildman–Crippen LogP) is 2.99. The van der Waals surface area contributed by atoms with Gasteiger partial charge in [-0.25, -0.2) is 9.97 Å². The van der Waals surface area contributed by atoms with Crippen molar-refractivity contribution in [1.29, 1.82) is 0 Å². The number of ether oxygens (including phenoxy) is 1. The number of piperazine rings is 1. The van der Waals surface area contributed by atoms with Crippen molar-refractivity contribution in [2.45, 2.75) is 6.54 Å². The molecular weight excluding hydrogens is 416 g/mol. The van der Waals surface area contributed by atoms with Crippen LogP contribution in [0.15, 0.2) is 73.2 Å². The first-order valence-electron chi connectivity index (χ1n) is 11.0. The maximum Gasteiger partial charge on any atom is 0.253 e. The second-order valence-corrected chi connectivity index (χ2v) is 7.92. The molecule has 0 saturated carbocycles. The summed E-state index contributed by atoms with van der Waals surface area (Å²) in [5.74, 6) is 2.50. The maximum atomic E-state index is 12.9. The minimum atomic E-state index is -0.117. The monoisotopic (exact) mass is 442 g/mol. The molecular formula is C25H26N6O2. The number of hydrogen-bond donors (Lipinski definition) is 1. The van der Waals surface area contributed by atoms with Gasteiger partial charge in [-0.1, -0.05) is 18.2 Å². The minimum Gasteiger partial charge on any atom is -0.496 e. The van der Waals surface area contributed by atoms with E-state index in [2.05, 4.69) is 41.6 Å². The molecule has 168 valence electrons. The van der Waals surface area contributed by atoms with Crippen molar-refractivity contribution in [2.75, 3.05) is 43.1 Å². The number of benzene rings is 1.